The lowest BCUT2D eigenvalue weighted by Gasteiger charge is -2.36. The zero-order valence-electron chi connectivity index (χ0n) is 17.6. The number of anilines is 2. The molecular weight excluding hydrogens is 410 g/mol. The zero-order valence-corrected chi connectivity index (χ0v) is 18.4. The van der Waals surface area contributed by atoms with Gasteiger partial charge in [0.2, 0.25) is 11.9 Å². The average molecular weight is 438 g/mol. The van der Waals surface area contributed by atoms with Crippen molar-refractivity contribution >= 4 is 39.1 Å². The van der Waals surface area contributed by atoms with E-state index in [0.717, 1.165) is 50.5 Å². The molecule has 2 aliphatic rings. The van der Waals surface area contributed by atoms with Gasteiger partial charge in [-0.15, -0.1) is 11.3 Å². The number of aromatic nitrogens is 2. The van der Waals surface area contributed by atoms with E-state index >= 15 is 0 Å². The molecule has 2 saturated heterocycles. The summed E-state index contributed by atoms with van der Waals surface area (Å²) in [5.74, 6) is 0.827. The van der Waals surface area contributed by atoms with Gasteiger partial charge in [-0.3, -0.25) is 14.2 Å². The quantitative estimate of drug-likeness (QED) is 0.614. The Hall–Kier alpha value is -2.87. The number of fused-ring (bicyclic) bond motifs is 1. The van der Waals surface area contributed by atoms with Gasteiger partial charge >= 0.3 is 0 Å². The van der Waals surface area contributed by atoms with Gasteiger partial charge < -0.3 is 14.7 Å². The summed E-state index contributed by atoms with van der Waals surface area (Å²) < 4.78 is 2.40. The van der Waals surface area contributed by atoms with Gasteiger partial charge in [-0.1, -0.05) is 18.2 Å². The van der Waals surface area contributed by atoms with E-state index in [-0.39, 0.29) is 11.5 Å². The third kappa shape index (κ3) is 4.04. The molecule has 0 saturated carbocycles. The lowest BCUT2D eigenvalue weighted by atomic mass is 10.2. The normalized spacial score (nSPS) is 17.0. The molecule has 2 fully saturated rings. The average Bonchev–Trinajstić information content (AvgIpc) is 3.51. The molecule has 0 radical (unpaired) electrons. The Morgan fingerprint density at radius 1 is 0.935 bits per heavy atom. The molecule has 7 nitrogen and oxygen atoms in total. The van der Waals surface area contributed by atoms with Crippen LogP contribution < -0.4 is 15.4 Å². The van der Waals surface area contributed by atoms with Crippen molar-refractivity contribution in [2.24, 2.45) is 0 Å². The Labute approximate surface area is 185 Å². The first-order chi connectivity index (χ1) is 15.2. The standard InChI is InChI=1S/C23H27N5O2S/c29-20(26-15-13-25(14-16-26)18-6-2-1-3-7-18)8-12-28-22(30)21-19(9-17-31-21)24-23(28)27-10-4-5-11-27/h1-3,6-7,9,17H,4-5,8,10-16H2. The largest absolute Gasteiger partial charge is 0.368 e. The van der Waals surface area contributed by atoms with Gasteiger partial charge in [0.25, 0.3) is 5.56 Å². The summed E-state index contributed by atoms with van der Waals surface area (Å²) in [7, 11) is 0. The predicted molar refractivity (Wildman–Crippen MR) is 125 cm³/mol. The van der Waals surface area contributed by atoms with E-state index in [2.05, 4.69) is 21.9 Å². The molecule has 2 aromatic heterocycles. The SMILES string of the molecule is O=C(CCn1c(N2CCCC2)nc2ccsc2c1=O)N1CCN(c2ccccc2)CC1. The molecular formula is C23H27N5O2S. The summed E-state index contributed by atoms with van der Waals surface area (Å²) in [6, 6.07) is 12.2. The van der Waals surface area contributed by atoms with Gasteiger partial charge in [0, 0.05) is 57.9 Å². The summed E-state index contributed by atoms with van der Waals surface area (Å²) in [5.41, 5.74) is 1.94. The zero-order chi connectivity index (χ0) is 21.2. The molecule has 0 N–H and O–H groups in total. The van der Waals surface area contributed by atoms with Crippen molar-refractivity contribution in [1.29, 1.82) is 0 Å². The van der Waals surface area contributed by atoms with Gasteiger partial charge in [-0.25, -0.2) is 4.98 Å². The summed E-state index contributed by atoms with van der Waals surface area (Å²) in [6.07, 6.45) is 2.55. The Balaban J connectivity index is 1.27. The lowest BCUT2D eigenvalue weighted by Crippen LogP contribution is -2.49. The van der Waals surface area contributed by atoms with Crippen LogP contribution in [-0.4, -0.2) is 59.6 Å². The molecule has 162 valence electrons. The van der Waals surface area contributed by atoms with Gasteiger partial charge in [-0.2, -0.15) is 0 Å². The molecule has 3 aromatic rings. The number of carbonyl (C=O) groups excluding carboxylic acids is 1. The van der Waals surface area contributed by atoms with E-state index in [4.69, 9.17) is 4.98 Å². The highest BCUT2D eigenvalue weighted by atomic mass is 32.1. The molecule has 0 aliphatic carbocycles. The predicted octanol–water partition coefficient (Wildman–Crippen LogP) is 2.80. The molecule has 0 atom stereocenters. The molecule has 4 heterocycles. The Kier molecular flexibility index (Phi) is 5.63. The lowest BCUT2D eigenvalue weighted by molar-refractivity contribution is -0.131. The van der Waals surface area contributed by atoms with E-state index in [1.165, 1.54) is 17.0 Å². The molecule has 0 spiro atoms. The monoisotopic (exact) mass is 437 g/mol. The number of amides is 1. The number of piperazine rings is 1. The van der Waals surface area contributed by atoms with Crippen molar-refractivity contribution in [2.75, 3.05) is 49.1 Å². The highest BCUT2D eigenvalue weighted by molar-refractivity contribution is 7.17. The van der Waals surface area contributed by atoms with Crippen molar-refractivity contribution in [3.05, 3.63) is 52.1 Å². The highest BCUT2D eigenvalue weighted by Crippen LogP contribution is 2.23. The molecule has 0 bridgehead atoms. The van der Waals surface area contributed by atoms with Crippen LogP contribution in [0.3, 0.4) is 0 Å². The van der Waals surface area contributed by atoms with E-state index in [9.17, 15) is 9.59 Å². The van der Waals surface area contributed by atoms with Gasteiger partial charge in [0.15, 0.2) is 0 Å². The molecule has 0 unspecified atom stereocenters. The van der Waals surface area contributed by atoms with Crippen molar-refractivity contribution in [2.45, 2.75) is 25.8 Å². The van der Waals surface area contributed by atoms with Crippen LogP contribution in [0.1, 0.15) is 19.3 Å². The van der Waals surface area contributed by atoms with Crippen LogP contribution in [0, 0.1) is 0 Å². The topological polar surface area (TPSA) is 61.7 Å². The van der Waals surface area contributed by atoms with Gasteiger partial charge in [-0.05, 0) is 36.4 Å². The first-order valence-electron chi connectivity index (χ1n) is 11.0. The number of hydrogen-bond acceptors (Lipinski definition) is 6. The minimum Gasteiger partial charge on any atom is -0.368 e. The first-order valence-corrected chi connectivity index (χ1v) is 11.9. The molecule has 8 heteroatoms. The fraction of sp³-hybridized carbons (Fsp3) is 0.435. The van der Waals surface area contributed by atoms with Crippen LogP contribution >= 0.6 is 11.3 Å². The maximum Gasteiger partial charge on any atom is 0.272 e. The van der Waals surface area contributed by atoms with E-state index in [1.54, 1.807) is 4.57 Å². The van der Waals surface area contributed by atoms with E-state index < -0.39 is 0 Å². The summed E-state index contributed by atoms with van der Waals surface area (Å²) in [5, 5.41) is 1.91. The maximum atomic E-state index is 13.1. The van der Waals surface area contributed by atoms with Gasteiger partial charge in [0.05, 0.1) is 5.52 Å². The second-order valence-electron chi connectivity index (χ2n) is 8.15. The number of thiophene rings is 1. The first kappa shape index (κ1) is 20.1. The Morgan fingerprint density at radius 3 is 2.42 bits per heavy atom. The number of rotatable bonds is 5. The minimum absolute atomic E-state index is 0.0244. The van der Waals surface area contributed by atoms with Crippen LogP contribution in [0.5, 0.6) is 0 Å². The van der Waals surface area contributed by atoms with E-state index in [0.29, 0.717) is 30.8 Å². The fourth-order valence-electron chi connectivity index (χ4n) is 4.51. The maximum absolute atomic E-state index is 13.1. The third-order valence-electron chi connectivity index (χ3n) is 6.24. The molecule has 2 aliphatic heterocycles. The number of nitrogens with zero attached hydrogens (tertiary/aromatic N) is 5. The van der Waals surface area contributed by atoms with Crippen molar-refractivity contribution in [1.82, 2.24) is 14.5 Å². The number of benzene rings is 1. The van der Waals surface area contributed by atoms with E-state index in [1.807, 2.05) is 34.5 Å². The van der Waals surface area contributed by atoms with Gasteiger partial charge in [0.1, 0.15) is 4.70 Å². The molecule has 31 heavy (non-hydrogen) atoms. The smallest absolute Gasteiger partial charge is 0.272 e. The minimum atomic E-state index is -0.0244. The second-order valence-corrected chi connectivity index (χ2v) is 9.07. The van der Waals surface area contributed by atoms with Crippen LogP contribution in [0.2, 0.25) is 0 Å². The highest BCUT2D eigenvalue weighted by Gasteiger charge is 2.24. The van der Waals surface area contributed by atoms with Crippen molar-refractivity contribution < 1.29 is 4.79 Å². The van der Waals surface area contributed by atoms with Crippen molar-refractivity contribution in [3.8, 4) is 0 Å². The van der Waals surface area contributed by atoms with Crippen LogP contribution in [0.25, 0.3) is 10.2 Å². The molecule has 1 aromatic carbocycles. The Bertz CT molecular complexity index is 1110. The third-order valence-corrected chi connectivity index (χ3v) is 7.13. The summed E-state index contributed by atoms with van der Waals surface area (Å²) in [4.78, 5) is 37.3. The second kappa shape index (κ2) is 8.70. The summed E-state index contributed by atoms with van der Waals surface area (Å²) >= 11 is 1.42. The molecule has 5 rings (SSSR count). The number of hydrogen-bond donors (Lipinski definition) is 0. The number of carbonyl (C=O) groups is 1. The Morgan fingerprint density at radius 2 is 1.68 bits per heavy atom. The van der Waals surface area contributed by atoms with Crippen LogP contribution in [0.4, 0.5) is 11.6 Å². The number of para-hydroxylation sites is 1. The molecule has 1 amide bonds. The van der Waals surface area contributed by atoms with Crippen molar-refractivity contribution in [3.63, 3.8) is 0 Å². The summed E-state index contributed by atoms with van der Waals surface area (Å²) in [6.45, 7) is 5.29. The van der Waals surface area contributed by atoms with Crippen LogP contribution in [0.15, 0.2) is 46.6 Å². The van der Waals surface area contributed by atoms with Crippen LogP contribution in [-0.2, 0) is 11.3 Å². The fourth-order valence-corrected chi connectivity index (χ4v) is 5.29.